The number of nitrogens with zero attached hydrogens (tertiary/aromatic N) is 2. The Hall–Kier alpha value is -0.880. The number of likely N-dealkylation sites (tertiary alicyclic amines) is 1. The van der Waals surface area contributed by atoms with E-state index in [9.17, 15) is 9.18 Å². The molecule has 0 aromatic heterocycles. The molecule has 3 atom stereocenters. The van der Waals surface area contributed by atoms with E-state index in [0.717, 1.165) is 19.6 Å². The molecule has 2 aliphatic heterocycles. The molecular weight excluding hydrogens is 273 g/mol. The largest absolute Gasteiger partial charge is 0.444 e. The van der Waals surface area contributed by atoms with Gasteiger partial charge in [-0.3, -0.25) is 4.90 Å². The normalized spacial score (nSPS) is 31.5. The van der Waals surface area contributed by atoms with Crippen molar-refractivity contribution in [3.05, 3.63) is 0 Å². The summed E-state index contributed by atoms with van der Waals surface area (Å²) in [7, 11) is 0. The molecule has 1 N–H and O–H groups in total. The number of hydrogen-bond donors (Lipinski definition) is 1. The Morgan fingerprint density at radius 2 is 2.10 bits per heavy atom. The summed E-state index contributed by atoms with van der Waals surface area (Å²) in [5.41, 5.74) is -0.479. The van der Waals surface area contributed by atoms with Gasteiger partial charge in [-0.05, 0) is 34.1 Å². The molecule has 2 fully saturated rings. The minimum absolute atomic E-state index is 0.114. The second-order valence-electron chi connectivity index (χ2n) is 7.23. The Morgan fingerprint density at radius 3 is 2.67 bits per heavy atom. The van der Waals surface area contributed by atoms with Gasteiger partial charge in [-0.1, -0.05) is 0 Å². The van der Waals surface area contributed by atoms with Crippen LogP contribution in [0.4, 0.5) is 9.18 Å². The van der Waals surface area contributed by atoms with Crippen LogP contribution in [0.3, 0.4) is 0 Å². The summed E-state index contributed by atoms with van der Waals surface area (Å²) in [5.74, 6) is 0. The third-order valence-electron chi connectivity index (χ3n) is 3.97. The van der Waals surface area contributed by atoms with Crippen molar-refractivity contribution in [3.63, 3.8) is 0 Å². The molecule has 0 unspecified atom stereocenters. The standard InChI is InChI=1S/C15H28FN3O2/c1-11-7-17-13(9-18-6-5-12(16)8-18)10-19(11)14(20)21-15(2,3)4/h11-13,17H,5-10H2,1-4H3/t11-,12-,13+/m1/s1. The van der Waals surface area contributed by atoms with Crippen LogP contribution in [0.25, 0.3) is 0 Å². The number of hydrogen-bond acceptors (Lipinski definition) is 4. The summed E-state index contributed by atoms with van der Waals surface area (Å²) in [4.78, 5) is 16.2. The number of carbonyl (C=O) groups excluding carboxylic acids is 1. The maximum absolute atomic E-state index is 13.2. The predicted octanol–water partition coefficient (Wildman–Crippen LogP) is 1.63. The third-order valence-corrected chi connectivity index (χ3v) is 3.97. The van der Waals surface area contributed by atoms with Gasteiger partial charge in [-0.15, -0.1) is 0 Å². The molecule has 1 amide bonds. The third kappa shape index (κ3) is 4.81. The van der Waals surface area contributed by atoms with Crippen molar-refractivity contribution in [3.8, 4) is 0 Å². The Bertz CT molecular complexity index is 372. The molecule has 0 saturated carbocycles. The first-order chi connectivity index (χ1) is 9.74. The molecule has 0 bridgehead atoms. The first kappa shape index (κ1) is 16.5. The molecule has 0 spiro atoms. The molecule has 5 nitrogen and oxygen atoms in total. The van der Waals surface area contributed by atoms with E-state index < -0.39 is 11.8 Å². The van der Waals surface area contributed by atoms with E-state index in [4.69, 9.17) is 4.74 Å². The highest BCUT2D eigenvalue weighted by Crippen LogP contribution is 2.17. The van der Waals surface area contributed by atoms with E-state index in [2.05, 4.69) is 10.2 Å². The summed E-state index contributed by atoms with van der Waals surface area (Å²) in [5, 5.41) is 3.44. The lowest BCUT2D eigenvalue weighted by atomic mass is 10.1. The molecule has 0 aromatic carbocycles. The first-order valence-electron chi connectivity index (χ1n) is 7.84. The maximum Gasteiger partial charge on any atom is 0.410 e. The number of nitrogens with one attached hydrogen (secondary N) is 1. The molecule has 2 rings (SSSR count). The zero-order valence-corrected chi connectivity index (χ0v) is 13.6. The van der Waals surface area contributed by atoms with Crippen LogP contribution >= 0.6 is 0 Å². The molecule has 2 saturated heterocycles. The topological polar surface area (TPSA) is 44.8 Å². The van der Waals surface area contributed by atoms with Gasteiger partial charge in [-0.2, -0.15) is 0 Å². The molecule has 0 radical (unpaired) electrons. The molecule has 2 aliphatic rings. The number of amides is 1. The lowest BCUT2D eigenvalue weighted by Crippen LogP contribution is -2.60. The highest BCUT2D eigenvalue weighted by Gasteiger charge is 2.33. The van der Waals surface area contributed by atoms with Crippen molar-refractivity contribution in [2.45, 2.75) is 58.0 Å². The van der Waals surface area contributed by atoms with Crippen LogP contribution in [-0.4, -0.2) is 72.5 Å². The Kier molecular flexibility index (Phi) is 5.09. The number of alkyl halides is 1. The van der Waals surface area contributed by atoms with Crippen LogP contribution in [0.5, 0.6) is 0 Å². The number of halogens is 1. The van der Waals surface area contributed by atoms with Gasteiger partial charge < -0.3 is 15.0 Å². The minimum atomic E-state index is -0.700. The van der Waals surface area contributed by atoms with Crippen LogP contribution in [0.1, 0.15) is 34.1 Å². The van der Waals surface area contributed by atoms with E-state index in [1.54, 1.807) is 4.90 Å². The van der Waals surface area contributed by atoms with Crippen LogP contribution in [0.2, 0.25) is 0 Å². The van der Waals surface area contributed by atoms with E-state index in [0.29, 0.717) is 19.5 Å². The summed E-state index contributed by atoms with van der Waals surface area (Å²) in [6.07, 6.45) is -0.334. The summed E-state index contributed by atoms with van der Waals surface area (Å²) in [6.45, 7) is 11.1. The molecule has 122 valence electrons. The van der Waals surface area contributed by atoms with Crippen LogP contribution < -0.4 is 5.32 Å². The average molecular weight is 301 g/mol. The average Bonchev–Trinajstić information content (AvgIpc) is 2.75. The number of piperazine rings is 1. The number of rotatable bonds is 2. The lowest BCUT2D eigenvalue weighted by Gasteiger charge is -2.40. The molecule has 0 aliphatic carbocycles. The van der Waals surface area contributed by atoms with Crippen molar-refractivity contribution >= 4 is 6.09 Å². The van der Waals surface area contributed by atoms with Gasteiger partial charge in [0.25, 0.3) is 0 Å². The highest BCUT2D eigenvalue weighted by atomic mass is 19.1. The number of ether oxygens (including phenoxy) is 1. The zero-order chi connectivity index (χ0) is 15.6. The van der Waals surface area contributed by atoms with E-state index in [1.165, 1.54) is 0 Å². The molecule has 6 heteroatoms. The highest BCUT2D eigenvalue weighted by molar-refractivity contribution is 5.68. The second-order valence-corrected chi connectivity index (χ2v) is 7.23. The summed E-state index contributed by atoms with van der Waals surface area (Å²) in [6, 6.07) is 0.294. The molecule has 21 heavy (non-hydrogen) atoms. The van der Waals surface area contributed by atoms with E-state index in [1.807, 2.05) is 27.7 Å². The van der Waals surface area contributed by atoms with Gasteiger partial charge in [-0.25, -0.2) is 9.18 Å². The summed E-state index contributed by atoms with van der Waals surface area (Å²) < 4.78 is 18.7. The monoisotopic (exact) mass is 301 g/mol. The Balaban J connectivity index is 1.88. The fraction of sp³-hybridized carbons (Fsp3) is 0.933. The van der Waals surface area contributed by atoms with Gasteiger partial charge in [0.05, 0.1) is 0 Å². The van der Waals surface area contributed by atoms with Gasteiger partial charge in [0.1, 0.15) is 11.8 Å². The smallest absolute Gasteiger partial charge is 0.410 e. The van der Waals surface area contributed by atoms with Crippen LogP contribution in [-0.2, 0) is 4.74 Å². The summed E-state index contributed by atoms with van der Waals surface area (Å²) >= 11 is 0. The van der Waals surface area contributed by atoms with Crippen LogP contribution in [0, 0.1) is 0 Å². The van der Waals surface area contributed by atoms with Crippen molar-refractivity contribution < 1.29 is 13.9 Å². The maximum atomic E-state index is 13.2. The van der Waals surface area contributed by atoms with E-state index >= 15 is 0 Å². The van der Waals surface area contributed by atoms with Gasteiger partial charge >= 0.3 is 6.09 Å². The quantitative estimate of drug-likeness (QED) is 0.842. The fourth-order valence-electron chi connectivity index (χ4n) is 2.89. The molecule has 0 aromatic rings. The van der Waals surface area contributed by atoms with Gasteiger partial charge in [0.15, 0.2) is 0 Å². The second kappa shape index (κ2) is 6.48. The van der Waals surface area contributed by atoms with Crippen molar-refractivity contribution in [1.29, 1.82) is 0 Å². The van der Waals surface area contributed by atoms with Crippen molar-refractivity contribution in [1.82, 2.24) is 15.1 Å². The SMILES string of the molecule is C[C@@H]1CN[C@@H](CN2CC[C@@H](F)C2)CN1C(=O)OC(C)(C)C. The first-order valence-corrected chi connectivity index (χ1v) is 7.84. The van der Waals surface area contributed by atoms with Gasteiger partial charge in [0, 0.05) is 44.8 Å². The predicted molar refractivity (Wildman–Crippen MR) is 80.1 cm³/mol. The molecule has 2 heterocycles. The Morgan fingerprint density at radius 1 is 1.38 bits per heavy atom. The van der Waals surface area contributed by atoms with Crippen LogP contribution in [0.15, 0.2) is 0 Å². The zero-order valence-electron chi connectivity index (χ0n) is 13.6. The van der Waals surface area contributed by atoms with Crippen molar-refractivity contribution in [2.24, 2.45) is 0 Å². The fourth-order valence-corrected chi connectivity index (χ4v) is 2.89. The van der Waals surface area contributed by atoms with Gasteiger partial charge in [0.2, 0.25) is 0 Å². The van der Waals surface area contributed by atoms with Crippen molar-refractivity contribution in [2.75, 3.05) is 32.7 Å². The number of carbonyl (C=O) groups is 1. The Labute approximate surface area is 126 Å². The lowest BCUT2D eigenvalue weighted by molar-refractivity contribution is 0.00815. The van der Waals surface area contributed by atoms with E-state index in [-0.39, 0.29) is 18.2 Å². The molecular formula is C15H28FN3O2. The minimum Gasteiger partial charge on any atom is -0.444 e.